The lowest BCUT2D eigenvalue weighted by molar-refractivity contribution is -0.136. The van der Waals surface area contributed by atoms with Crippen LogP contribution in [0.2, 0.25) is 5.15 Å². The monoisotopic (exact) mass is 486 g/mol. The molecule has 0 bridgehead atoms. The van der Waals surface area contributed by atoms with Gasteiger partial charge in [0.05, 0.1) is 24.7 Å². The van der Waals surface area contributed by atoms with Crippen LogP contribution in [0.15, 0.2) is 12.3 Å². The largest absolute Gasteiger partial charge is 0.448 e. The van der Waals surface area contributed by atoms with Crippen molar-refractivity contribution in [2.45, 2.75) is 44.8 Å². The summed E-state index contributed by atoms with van der Waals surface area (Å²) in [7, 11) is 0. The third kappa shape index (κ3) is 4.03. The van der Waals surface area contributed by atoms with Crippen LogP contribution in [0.5, 0.6) is 0 Å². The van der Waals surface area contributed by atoms with E-state index in [1.807, 2.05) is 0 Å². The van der Waals surface area contributed by atoms with E-state index in [0.29, 0.717) is 12.1 Å². The summed E-state index contributed by atoms with van der Waals surface area (Å²) >= 11 is 6.31. The number of carbonyl (C=O) groups excluding carboxylic acids is 3. The zero-order chi connectivity index (χ0) is 22.8. The van der Waals surface area contributed by atoms with Gasteiger partial charge in [0.2, 0.25) is 0 Å². The highest BCUT2D eigenvalue weighted by molar-refractivity contribution is 6.33. The van der Waals surface area contributed by atoms with Crippen molar-refractivity contribution >= 4 is 35.0 Å². The Labute approximate surface area is 192 Å². The zero-order valence-electron chi connectivity index (χ0n) is 16.7. The van der Waals surface area contributed by atoms with Gasteiger partial charge in [-0.15, -0.1) is 0 Å². The third-order valence-electron chi connectivity index (χ3n) is 6.09. The molecule has 0 radical (unpaired) electrons. The summed E-state index contributed by atoms with van der Waals surface area (Å²) in [4.78, 5) is 43.8. The van der Waals surface area contributed by atoms with Gasteiger partial charge in [-0.25, -0.2) is 9.78 Å². The first-order valence-corrected chi connectivity index (χ1v) is 10.6. The summed E-state index contributed by atoms with van der Waals surface area (Å²) in [6, 6.07) is 0.373. The number of ether oxygens (including phenoxy) is 1. The summed E-state index contributed by atoms with van der Waals surface area (Å²) in [6.07, 6.45) is -1.96. The molecular weight excluding hydrogens is 465 g/mol. The maximum Gasteiger partial charge on any atom is 0.419 e. The highest BCUT2D eigenvalue weighted by Gasteiger charge is 2.41. The average molecular weight is 487 g/mol. The molecule has 8 nitrogen and oxygen atoms in total. The molecule has 2 aromatic heterocycles. The van der Waals surface area contributed by atoms with Gasteiger partial charge in [-0.2, -0.15) is 13.2 Å². The normalized spacial score (nSPS) is 21.4. The number of aromatic nitrogens is 2. The number of nitrogens with zero attached hydrogens (tertiary/aromatic N) is 4. The minimum absolute atomic E-state index is 0. The van der Waals surface area contributed by atoms with Gasteiger partial charge in [-0.3, -0.25) is 18.9 Å². The number of cyclic esters (lactones) is 1. The molecule has 2 aromatic rings. The lowest BCUT2D eigenvalue weighted by Crippen LogP contribution is -2.53. The molecule has 0 N–H and O–H groups in total. The Kier molecular flexibility index (Phi) is 5.80. The fraction of sp³-hybridized carbons (Fsp3) is 0.524. The number of alkyl halides is 3. The second-order valence-corrected chi connectivity index (χ2v) is 8.57. The maximum atomic E-state index is 13.7. The highest BCUT2D eigenvalue weighted by atomic mass is 35.5. The molecule has 3 aliphatic rings. The quantitative estimate of drug-likeness (QED) is 0.659. The number of likely N-dealkylation sites (tertiary alicyclic amines) is 1. The second kappa shape index (κ2) is 8.19. The Hall–Kier alpha value is -2.82. The average Bonchev–Trinajstić information content (AvgIpc) is 3.43. The van der Waals surface area contributed by atoms with Crippen molar-refractivity contribution in [2.24, 2.45) is 0 Å². The van der Waals surface area contributed by atoms with Crippen LogP contribution >= 0.6 is 11.6 Å². The predicted octanol–water partition coefficient (Wildman–Crippen LogP) is 3.76. The van der Waals surface area contributed by atoms with E-state index in [1.165, 1.54) is 16.0 Å². The molecular formula is C21H22ClF3N4O4. The van der Waals surface area contributed by atoms with Crippen LogP contribution < -0.4 is 0 Å². The first kappa shape index (κ1) is 23.3. The van der Waals surface area contributed by atoms with Crippen LogP contribution in [0.1, 0.15) is 54.2 Å². The van der Waals surface area contributed by atoms with Crippen molar-refractivity contribution in [3.63, 3.8) is 0 Å². The van der Waals surface area contributed by atoms with Gasteiger partial charge in [0.1, 0.15) is 11.8 Å². The summed E-state index contributed by atoms with van der Waals surface area (Å²) in [6.45, 7) is 0.330. The molecule has 3 fully saturated rings. The number of hydrogen-bond acceptors (Lipinski definition) is 5. The van der Waals surface area contributed by atoms with Crippen molar-refractivity contribution < 1.29 is 32.3 Å². The molecule has 33 heavy (non-hydrogen) atoms. The Balaban J connectivity index is 0.00000259. The smallest absolute Gasteiger partial charge is 0.419 e. The fourth-order valence-corrected chi connectivity index (χ4v) is 4.53. The molecule has 12 heteroatoms. The second-order valence-electron chi connectivity index (χ2n) is 8.21. The minimum Gasteiger partial charge on any atom is -0.448 e. The molecule has 2 saturated heterocycles. The number of amides is 2. The first-order chi connectivity index (χ1) is 15.1. The van der Waals surface area contributed by atoms with Crippen LogP contribution in [-0.2, 0) is 15.7 Å². The van der Waals surface area contributed by atoms with Gasteiger partial charge in [-0.05, 0) is 36.8 Å². The van der Waals surface area contributed by atoms with Crippen molar-refractivity contribution in [2.75, 3.05) is 26.2 Å². The number of hydrogen-bond donors (Lipinski definition) is 0. The maximum absolute atomic E-state index is 13.7. The van der Waals surface area contributed by atoms with Crippen molar-refractivity contribution in [3.8, 4) is 0 Å². The third-order valence-corrected chi connectivity index (χ3v) is 6.45. The topological polar surface area (TPSA) is 84.2 Å². The van der Waals surface area contributed by atoms with E-state index in [-0.39, 0.29) is 56.1 Å². The van der Waals surface area contributed by atoms with Crippen LogP contribution in [-0.4, -0.2) is 69.3 Å². The molecule has 0 spiro atoms. The van der Waals surface area contributed by atoms with Gasteiger partial charge in [0, 0.05) is 12.7 Å². The Morgan fingerprint density at radius 3 is 2.48 bits per heavy atom. The summed E-state index contributed by atoms with van der Waals surface area (Å²) in [5, 5.41) is -0.226. The van der Waals surface area contributed by atoms with Crippen LogP contribution in [0.25, 0.3) is 5.65 Å². The Morgan fingerprint density at radius 2 is 1.91 bits per heavy atom. The van der Waals surface area contributed by atoms with E-state index < -0.39 is 35.4 Å². The van der Waals surface area contributed by atoms with Crippen molar-refractivity contribution in [1.82, 2.24) is 19.2 Å². The lowest BCUT2D eigenvalue weighted by Gasteiger charge is -2.34. The Bertz CT molecular complexity index is 1140. The van der Waals surface area contributed by atoms with Crippen molar-refractivity contribution in [3.05, 3.63) is 34.2 Å². The summed E-state index contributed by atoms with van der Waals surface area (Å²) < 4.78 is 47.0. The van der Waals surface area contributed by atoms with E-state index >= 15 is 0 Å². The molecule has 2 amide bonds. The van der Waals surface area contributed by atoms with E-state index in [4.69, 9.17) is 16.3 Å². The van der Waals surface area contributed by atoms with E-state index in [9.17, 15) is 27.6 Å². The standard InChI is InChI=1S/C20H18ClF3N4O4.CH4/c21-16-15(18(30)26-4-3-13(14(29)9-26)27-5-6-32-19(27)31)25-17-12(20(22,23)24)7-11(8-28(16)17)10-1-2-10;/h7-8,10,13H,1-6,9H2;1H4/t13-;/m0./s1. The number of ketones is 1. The molecule has 2 aliphatic heterocycles. The highest BCUT2D eigenvalue weighted by Crippen LogP contribution is 2.43. The molecule has 1 aliphatic carbocycles. The van der Waals surface area contributed by atoms with Gasteiger partial charge < -0.3 is 9.64 Å². The lowest BCUT2D eigenvalue weighted by atomic mass is 10.0. The van der Waals surface area contributed by atoms with E-state index in [2.05, 4.69) is 4.98 Å². The number of Topliss-reactive ketones (excluding diaryl/α,β-unsaturated/α-hetero) is 1. The molecule has 0 aromatic carbocycles. The SMILES string of the molecule is C.O=C1CN(C(=O)c2nc3c(C(F)(F)F)cc(C4CC4)cn3c2Cl)CC[C@@H]1N1CCOC1=O. The van der Waals surface area contributed by atoms with Gasteiger partial charge in [0.25, 0.3) is 5.91 Å². The number of fused-ring (bicyclic) bond motifs is 1. The number of rotatable bonds is 3. The van der Waals surface area contributed by atoms with Gasteiger partial charge >= 0.3 is 12.3 Å². The molecule has 0 unspecified atom stereocenters. The number of carbonyl (C=O) groups is 3. The van der Waals surface area contributed by atoms with Crippen LogP contribution in [0.4, 0.5) is 18.0 Å². The van der Waals surface area contributed by atoms with Crippen LogP contribution in [0.3, 0.4) is 0 Å². The molecule has 1 atom stereocenters. The first-order valence-electron chi connectivity index (χ1n) is 10.2. The summed E-state index contributed by atoms with van der Waals surface area (Å²) in [5.41, 5.74) is -1.24. The van der Waals surface area contributed by atoms with Gasteiger partial charge in [0.15, 0.2) is 17.1 Å². The number of imidazole rings is 1. The zero-order valence-corrected chi connectivity index (χ0v) is 17.4. The number of piperidine rings is 1. The fourth-order valence-electron chi connectivity index (χ4n) is 4.28. The Morgan fingerprint density at radius 1 is 1.18 bits per heavy atom. The summed E-state index contributed by atoms with van der Waals surface area (Å²) in [5.74, 6) is -1.04. The number of pyridine rings is 1. The molecule has 5 rings (SSSR count). The molecule has 178 valence electrons. The van der Waals surface area contributed by atoms with Crippen molar-refractivity contribution in [1.29, 1.82) is 0 Å². The van der Waals surface area contributed by atoms with E-state index in [1.54, 1.807) is 0 Å². The predicted molar refractivity (Wildman–Crippen MR) is 111 cm³/mol. The van der Waals surface area contributed by atoms with E-state index in [0.717, 1.165) is 23.3 Å². The molecule has 1 saturated carbocycles. The minimum atomic E-state index is -4.67. The van der Waals surface area contributed by atoms with Crippen LogP contribution in [0, 0.1) is 0 Å². The van der Waals surface area contributed by atoms with Gasteiger partial charge in [-0.1, -0.05) is 19.0 Å². The number of halogens is 4. The molecule has 4 heterocycles.